The van der Waals surface area contributed by atoms with Crippen molar-refractivity contribution >= 4 is 17.6 Å². The fraction of sp³-hybridized carbons (Fsp3) is 0.391. The van der Waals surface area contributed by atoms with E-state index in [1.54, 1.807) is 4.90 Å². The number of rotatable bonds is 7. The van der Waals surface area contributed by atoms with Crippen molar-refractivity contribution in [2.75, 3.05) is 44.4 Å². The first-order valence-corrected chi connectivity index (χ1v) is 10.2. The van der Waals surface area contributed by atoms with Crippen LogP contribution in [0, 0.1) is 0 Å². The first-order valence-electron chi connectivity index (χ1n) is 10.2. The second-order valence-corrected chi connectivity index (χ2v) is 7.45. The number of esters is 1. The van der Waals surface area contributed by atoms with Crippen LogP contribution in [0.4, 0.5) is 5.69 Å². The SMILES string of the molecule is O=C(CCN1C(=O)COc2ccccc21)OCC1CN(Cc2ccccc2)CCO1. The average Bonchev–Trinajstić information content (AvgIpc) is 2.78. The molecule has 7 nitrogen and oxygen atoms in total. The number of hydrogen-bond acceptors (Lipinski definition) is 6. The van der Waals surface area contributed by atoms with Crippen LogP contribution in [-0.4, -0.2) is 62.3 Å². The summed E-state index contributed by atoms with van der Waals surface area (Å²) in [5, 5.41) is 0. The highest BCUT2D eigenvalue weighted by Crippen LogP contribution is 2.31. The van der Waals surface area contributed by atoms with Gasteiger partial charge in [-0.05, 0) is 17.7 Å². The monoisotopic (exact) mass is 410 g/mol. The summed E-state index contributed by atoms with van der Waals surface area (Å²) in [6.45, 7) is 3.53. The minimum atomic E-state index is -0.337. The van der Waals surface area contributed by atoms with Gasteiger partial charge in [-0.3, -0.25) is 14.5 Å². The number of ether oxygens (including phenoxy) is 3. The lowest BCUT2D eigenvalue weighted by Gasteiger charge is -2.32. The molecule has 2 aliphatic heterocycles. The Labute approximate surface area is 176 Å². The van der Waals surface area contributed by atoms with E-state index >= 15 is 0 Å². The van der Waals surface area contributed by atoms with Gasteiger partial charge >= 0.3 is 5.97 Å². The van der Waals surface area contributed by atoms with E-state index in [2.05, 4.69) is 17.0 Å². The van der Waals surface area contributed by atoms with Gasteiger partial charge < -0.3 is 19.1 Å². The van der Waals surface area contributed by atoms with Crippen LogP contribution in [0.3, 0.4) is 0 Å². The van der Waals surface area contributed by atoms with Gasteiger partial charge in [-0.25, -0.2) is 0 Å². The molecule has 4 rings (SSSR count). The third kappa shape index (κ3) is 5.17. The van der Waals surface area contributed by atoms with E-state index in [0.717, 1.165) is 19.6 Å². The van der Waals surface area contributed by atoms with Crippen LogP contribution in [-0.2, 0) is 25.6 Å². The number of carbonyl (C=O) groups is 2. The molecule has 2 aromatic carbocycles. The van der Waals surface area contributed by atoms with Crippen LogP contribution < -0.4 is 9.64 Å². The molecule has 7 heteroatoms. The molecule has 1 unspecified atom stereocenters. The zero-order valence-electron chi connectivity index (χ0n) is 16.9. The van der Waals surface area contributed by atoms with E-state index < -0.39 is 0 Å². The Morgan fingerprint density at radius 3 is 2.77 bits per heavy atom. The van der Waals surface area contributed by atoms with Gasteiger partial charge in [0.15, 0.2) is 6.61 Å². The summed E-state index contributed by atoms with van der Waals surface area (Å²) < 4.78 is 16.6. The molecular formula is C23H26N2O5. The molecule has 158 valence electrons. The number of morpholine rings is 1. The second kappa shape index (κ2) is 9.73. The summed E-state index contributed by atoms with van der Waals surface area (Å²) in [6, 6.07) is 17.6. The molecule has 1 fully saturated rings. The highest BCUT2D eigenvalue weighted by molar-refractivity contribution is 5.98. The number of carbonyl (C=O) groups excluding carboxylic acids is 2. The van der Waals surface area contributed by atoms with Crippen LogP contribution in [0.2, 0.25) is 0 Å². The van der Waals surface area contributed by atoms with E-state index in [9.17, 15) is 9.59 Å². The molecule has 30 heavy (non-hydrogen) atoms. The first-order chi connectivity index (χ1) is 14.7. The maximum absolute atomic E-state index is 12.3. The fourth-order valence-electron chi connectivity index (χ4n) is 3.73. The number of anilines is 1. The summed E-state index contributed by atoms with van der Waals surface area (Å²) in [6.07, 6.45) is -0.0160. The highest BCUT2D eigenvalue weighted by Gasteiger charge is 2.26. The maximum atomic E-state index is 12.3. The Balaban J connectivity index is 1.23. The van der Waals surface area contributed by atoms with E-state index in [4.69, 9.17) is 14.2 Å². The largest absolute Gasteiger partial charge is 0.482 e. The fourth-order valence-corrected chi connectivity index (χ4v) is 3.73. The van der Waals surface area contributed by atoms with Gasteiger partial charge in [-0.2, -0.15) is 0 Å². The van der Waals surface area contributed by atoms with Crippen LogP contribution in [0.25, 0.3) is 0 Å². The zero-order valence-corrected chi connectivity index (χ0v) is 16.9. The molecule has 0 bridgehead atoms. The highest BCUT2D eigenvalue weighted by atomic mass is 16.6. The summed E-state index contributed by atoms with van der Waals surface area (Å²) in [4.78, 5) is 28.3. The van der Waals surface area contributed by atoms with Crippen molar-refractivity contribution in [3.63, 3.8) is 0 Å². The number of benzene rings is 2. The van der Waals surface area contributed by atoms with Crippen molar-refractivity contribution < 1.29 is 23.8 Å². The number of amides is 1. The Kier molecular flexibility index (Phi) is 6.61. The summed E-state index contributed by atoms with van der Waals surface area (Å²) in [5.41, 5.74) is 1.94. The average molecular weight is 410 g/mol. The smallest absolute Gasteiger partial charge is 0.307 e. The minimum Gasteiger partial charge on any atom is -0.482 e. The first kappa shape index (κ1) is 20.4. The summed E-state index contributed by atoms with van der Waals surface area (Å²) in [5.74, 6) is 0.156. The van der Waals surface area contributed by atoms with E-state index in [0.29, 0.717) is 18.0 Å². The molecule has 1 saturated heterocycles. The Bertz CT molecular complexity index is 873. The van der Waals surface area contributed by atoms with Crippen molar-refractivity contribution in [1.29, 1.82) is 0 Å². The van der Waals surface area contributed by atoms with E-state index in [1.165, 1.54) is 5.56 Å². The lowest BCUT2D eigenvalue weighted by Crippen LogP contribution is -2.44. The lowest BCUT2D eigenvalue weighted by atomic mass is 10.2. The molecule has 1 amide bonds. The summed E-state index contributed by atoms with van der Waals surface area (Å²) >= 11 is 0. The van der Waals surface area contributed by atoms with Crippen molar-refractivity contribution in [2.24, 2.45) is 0 Å². The topological polar surface area (TPSA) is 68.3 Å². The van der Waals surface area contributed by atoms with Gasteiger partial charge in [-0.15, -0.1) is 0 Å². The third-order valence-corrected chi connectivity index (χ3v) is 5.25. The molecule has 0 aromatic heterocycles. The molecule has 2 heterocycles. The van der Waals surface area contributed by atoms with Crippen molar-refractivity contribution in [1.82, 2.24) is 4.90 Å². The van der Waals surface area contributed by atoms with Crippen LogP contribution in [0.15, 0.2) is 54.6 Å². The molecule has 0 saturated carbocycles. The minimum absolute atomic E-state index is 0.0147. The molecule has 2 aromatic rings. The Morgan fingerprint density at radius 1 is 1.10 bits per heavy atom. The molecule has 0 N–H and O–H groups in total. The maximum Gasteiger partial charge on any atom is 0.307 e. The summed E-state index contributed by atoms with van der Waals surface area (Å²) in [7, 11) is 0. The van der Waals surface area contributed by atoms with Gasteiger partial charge in [-0.1, -0.05) is 42.5 Å². The third-order valence-electron chi connectivity index (χ3n) is 5.25. The van der Waals surface area contributed by atoms with Gasteiger partial charge in [0.25, 0.3) is 5.91 Å². The number of para-hydroxylation sites is 2. The molecule has 0 aliphatic carbocycles. The number of hydrogen-bond donors (Lipinski definition) is 0. The van der Waals surface area contributed by atoms with Crippen LogP contribution in [0.5, 0.6) is 5.75 Å². The lowest BCUT2D eigenvalue weighted by molar-refractivity contribution is -0.150. The van der Waals surface area contributed by atoms with Gasteiger partial charge in [0.2, 0.25) is 0 Å². The quantitative estimate of drug-likeness (QED) is 0.653. The molecule has 0 spiro atoms. The molecule has 1 atom stereocenters. The second-order valence-electron chi connectivity index (χ2n) is 7.45. The Hall–Kier alpha value is -2.90. The van der Waals surface area contributed by atoms with Crippen molar-refractivity contribution in [2.45, 2.75) is 19.1 Å². The van der Waals surface area contributed by atoms with E-state index in [1.807, 2.05) is 42.5 Å². The normalized spacial score (nSPS) is 19.1. The zero-order chi connectivity index (χ0) is 20.8. The number of fused-ring (bicyclic) bond motifs is 1. The standard InChI is InChI=1S/C23H26N2O5/c26-22-17-29-21-9-5-4-8-20(21)25(22)11-10-23(27)30-16-19-15-24(12-13-28-19)14-18-6-2-1-3-7-18/h1-9,19H,10-17H2. The predicted octanol–water partition coefficient (Wildman–Crippen LogP) is 2.25. The van der Waals surface area contributed by atoms with Gasteiger partial charge in [0, 0.05) is 26.2 Å². The van der Waals surface area contributed by atoms with Crippen molar-refractivity contribution in [3.05, 3.63) is 60.2 Å². The molecular weight excluding hydrogens is 384 g/mol. The Morgan fingerprint density at radius 2 is 1.90 bits per heavy atom. The van der Waals surface area contributed by atoms with Gasteiger partial charge in [0.1, 0.15) is 18.5 Å². The predicted molar refractivity (Wildman–Crippen MR) is 111 cm³/mol. The van der Waals surface area contributed by atoms with Crippen LogP contribution >= 0.6 is 0 Å². The van der Waals surface area contributed by atoms with Gasteiger partial charge in [0.05, 0.1) is 18.7 Å². The molecule has 0 radical (unpaired) electrons. The van der Waals surface area contributed by atoms with Crippen LogP contribution in [0.1, 0.15) is 12.0 Å². The van der Waals surface area contributed by atoms with E-state index in [-0.39, 0.29) is 44.2 Å². The number of nitrogens with zero attached hydrogens (tertiary/aromatic N) is 2. The molecule has 2 aliphatic rings. The van der Waals surface area contributed by atoms with Crippen molar-refractivity contribution in [3.8, 4) is 5.75 Å².